The SMILES string of the molecule is CC1(NCc2cc(Cl)c3c(c2)OCCCO3)CCOCC1. The van der Waals surface area contributed by atoms with Gasteiger partial charge in [0.05, 0.1) is 18.2 Å². The van der Waals surface area contributed by atoms with Crippen LogP contribution in [0.5, 0.6) is 11.5 Å². The fourth-order valence-corrected chi connectivity index (χ4v) is 2.99. The predicted octanol–water partition coefficient (Wildman–Crippen LogP) is 3.16. The summed E-state index contributed by atoms with van der Waals surface area (Å²) in [6.45, 7) is 6.00. The van der Waals surface area contributed by atoms with E-state index in [1.54, 1.807) is 0 Å². The van der Waals surface area contributed by atoms with E-state index in [-0.39, 0.29) is 5.54 Å². The fraction of sp³-hybridized carbons (Fsp3) is 0.625. The Hall–Kier alpha value is -0.970. The molecule has 0 saturated carbocycles. The topological polar surface area (TPSA) is 39.7 Å². The molecule has 116 valence electrons. The molecule has 1 aromatic carbocycles. The number of hydrogen-bond acceptors (Lipinski definition) is 4. The van der Waals surface area contributed by atoms with Gasteiger partial charge in [-0.2, -0.15) is 0 Å². The van der Waals surface area contributed by atoms with Crippen LogP contribution in [0.1, 0.15) is 31.7 Å². The Morgan fingerprint density at radius 3 is 2.71 bits per heavy atom. The van der Waals surface area contributed by atoms with Gasteiger partial charge in [-0.1, -0.05) is 11.6 Å². The highest BCUT2D eigenvalue weighted by molar-refractivity contribution is 6.32. The van der Waals surface area contributed by atoms with Gasteiger partial charge in [0.25, 0.3) is 0 Å². The van der Waals surface area contributed by atoms with Gasteiger partial charge in [-0.05, 0) is 37.5 Å². The van der Waals surface area contributed by atoms with Crippen LogP contribution in [0, 0.1) is 0 Å². The number of fused-ring (bicyclic) bond motifs is 1. The molecule has 2 heterocycles. The van der Waals surface area contributed by atoms with Crippen LogP contribution in [-0.4, -0.2) is 32.0 Å². The molecule has 1 saturated heterocycles. The maximum Gasteiger partial charge on any atom is 0.179 e. The van der Waals surface area contributed by atoms with Gasteiger partial charge >= 0.3 is 0 Å². The Kier molecular flexibility index (Phi) is 4.57. The first-order chi connectivity index (χ1) is 10.2. The van der Waals surface area contributed by atoms with Crippen LogP contribution in [0.3, 0.4) is 0 Å². The van der Waals surface area contributed by atoms with Crippen molar-refractivity contribution in [3.8, 4) is 11.5 Å². The zero-order valence-corrected chi connectivity index (χ0v) is 13.2. The van der Waals surface area contributed by atoms with Crippen molar-refractivity contribution in [2.24, 2.45) is 0 Å². The Morgan fingerprint density at radius 2 is 1.90 bits per heavy atom. The summed E-state index contributed by atoms with van der Waals surface area (Å²) in [6.07, 6.45) is 2.95. The van der Waals surface area contributed by atoms with Gasteiger partial charge in [0.1, 0.15) is 0 Å². The molecule has 0 bridgehead atoms. The van der Waals surface area contributed by atoms with Gasteiger partial charge in [-0.3, -0.25) is 0 Å². The first-order valence-corrected chi connectivity index (χ1v) is 7.95. The van der Waals surface area contributed by atoms with E-state index in [1.165, 1.54) is 0 Å². The lowest BCUT2D eigenvalue weighted by molar-refractivity contribution is 0.0446. The van der Waals surface area contributed by atoms with Crippen LogP contribution in [-0.2, 0) is 11.3 Å². The van der Waals surface area contributed by atoms with E-state index >= 15 is 0 Å². The Morgan fingerprint density at radius 1 is 1.14 bits per heavy atom. The molecule has 21 heavy (non-hydrogen) atoms. The number of halogens is 1. The van der Waals surface area contributed by atoms with E-state index in [4.69, 9.17) is 25.8 Å². The van der Waals surface area contributed by atoms with Crippen molar-refractivity contribution >= 4 is 11.6 Å². The maximum absolute atomic E-state index is 6.32. The van der Waals surface area contributed by atoms with Gasteiger partial charge in [-0.15, -0.1) is 0 Å². The lowest BCUT2D eigenvalue weighted by atomic mass is 9.92. The molecule has 4 nitrogen and oxygen atoms in total. The fourth-order valence-electron chi connectivity index (χ4n) is 2.70. The molecule has 0 spiro atoms. The van der Waals surface area contributed by atoms with E-state index in [1.807, 2.05) is 12.1 Å². The van der Waals surface area contributed by atoms with Crippen LogP contribution < -0.4 is 14.8 Å². The van der Waals surface area contributed by atoms with E-state index in [0.717, 1.165) is 50.3 Å². The molecule has 0 aliphatic carbocycles. The molecule has 3 rings (SSSR count). The summed E-state index contributed by atoms with van der Waals surface area (Å²) in [4.78, 5) is 0. The van der Waals surface area contributed by atoms with Crippen LogP contribution in [0.2, 0.25) is 5.02 Å². The van der Waals surface area contributed by atoms with Crippen LogP contribution in [0.25, 0.3) is 0 Å². The number of rotatable bonds is 3. The van der Waals surface area contributed by atoms with Crippen molar-refractivity contribution in [2.45, 2.75) is 38.3 Å². The van der Waals surface area contributed by atoms with Crippen LogP contribution >= 0.6 is 11.6 Å². The molecule has 0 aromatic heterocycles. The van der Waals surface area contributed by atoms with Gasteiger partial charge in [0.15, 0.2) is 11.5 Å². The highest BCUT2D eigenvalue weighted by Crippen LogP contribution is 2.38. The lowest BCUT2D eigenvalue weighted by Gasteiger charge is -2.34. The van der Waals surface area contributed by atoms with Crippen LogP contribution in [0.4, 0.5) is 0 Å². The lowest BCUT2D eigenvalue weighted by Crippen LogP contribution is -2.46. The van der Waals surface area contributed by atoms with E-state index < -0.39 is 0 Å². The Bertz CT molecular complexity index is 501. The van der Waals surface area contributed by atoms with Crippen molar-refractivity contribution in [1.29, 1.82) is 0 Å². The average Bonchev–Trinajstić information content (AvgIpc) is 2.72. The van der Waals surface area contributed by atoms with Gasteiger partial charge in [0.2, 0.25) is 0 Å². The minimum Gasteiger partial charge on any atom is -0.489 e. The average molecular weight is 312 g/mol. The molecule has 1 fully saturated rings. The molecular weight excluding hydrogens is 290 g/mol. The van der Waals surface area contributed by atoms with Crippen molar-refractivity contribution in [3.63, 3.8) is 0 Å². The summed E-state index contributed by atoms with van der Waals surface area (Å²) < 4.78 is 16.8. The second-order valence-corrected chi connectivity index (χ2v) is 6.39. The van der Waals surface area contributed by atoms with Gasteiger partial charge in [-0.25, -0.2) is 0 Å². The smallest absolute Gasteiger partial charge is 0.179 e. The second-order valence-electron chi connectivity index (χ2n) is 5.98. The monoisotopic (exact) mass is 311 g/mol. The standard InChI is InChI=1S/C16H22ClNO3/c1-16(3-7-19-8-4-16)18-11-12-9-13(17)15-14(10-12)20-5-2-6-21-15/h9-10,18H,2-8,11H2,1H3. The highest BCUT2D eigenvalue weighted by Gasteiger charge is 2.26. The molecule has 0 radical (unpaired) electrons. The third-order valence-corrected chi connectivity index (χ3v) is 4.46. The van der Waals surface area contributed by atoms with E-state index in [2.05, 4.69) is 12.2 Å². The minimum atomic E-state index is 0.134. The third kappa shape index (κ3) is 3.62. The molecular formula is C16H22ClNO3. The van der Waals surface area contributed by atoms with Crippen molar-refractivity contribution in [1.82, 2.24) is 5.32 Å². The molecule has 1 aromatic rings. The third-order valence-electron chi connectivity index (χ3n) is 4.18. The second kappa shape index (κ2) is 6.42. The quantitative estimate of drug-likeness (QED) is 0.931. The largest absolute Gasteiger partial charge is 0.489 e. The summed E-state index contributed by atoms with van der Waals surface area (Å²) in [5.74, 6) is 1.43. The van der Waals surface area contributed by atoms with Crippen LogP contribution in [0.15, 0.2) is 12.1 Å². The molecule has 0 unspecified atom stereocenters. The molecule has 1 N–H and O–H groups in total. The summed E-state index contributed by atoms with van der Waals surface area (Å²) in [5.41, 5.74) is 1.26. The molecule has 2 aliphatic rings. The number of nitrogens with one attached hydrogen (secondary N) is 1. The molecule has 0 amide bonds. The van der Waals surface area contributed by atoms with E-state index in [9.17, 15) is 0 Å². The summed E-state index contributed by atoms with van der Waals surface area (Å²) >= 11 is 6.32. The Balaban J connectivity index is 1.71. The Labute approximate surface area is 130 Å². The zero-order valence-electron chi connectivity index (χ0n) is 12.4. The summed E-state index contributed by atoms with van der Waals surface area (Å²) in [7, 11) is 0. The summed E-state index contributed by atoms with van der Waals surface area (Å²) in [5, 5.41) is 4.26. The van der Waals surface area contributed by atoms with E-state index in [0.29, 0.717) is 24.0 Å². The normalized spacial score (nSPS) is 20.9. The van der Waals surface area contributed by atoms with Crippen molar-refractivity contribution < 1.29 is 14.2 Å². The van der Waals surface area contributed by atoms with Gasteiger partial charge < -0.3 is 19.5 Å². The maximum atomic E-state index is 6.32. The number of hydrogen-bond donors (Lipinski definition) is 1. The van der Waals surface area contributed by atoms with Crippen molar-refractivity contribution in [3.05, 3.63) is 22.7 Å². The molecule has 2 aliphatic heterocycles. The predicted molar refractivity (Wildman–Crippen MR) is 82.4 cm³/mol. The number of benzene rings is 1. The zero-order chi connectivity index (χ0) is 14.7. The first-order valence-electron chi connectivity index (χ1n) is 7.57. The number of ether oxygens (including phenoxy) is 3. The minimum absolute atomic E-state index is 0.134. The highest BCUT2D eigenvalue weighted by atomic mass is 35.5. The summed E-state index contributed by atoms with van der Waals surface area (Å²) in [6, 6.07) is 3.99. The molecule has 5 heteroatoms. The molecule has 0 atom stereocenters. The van der Waals surface area contributed by atoms with Crippen molar-refractivity contribution in [2.75, 3.05) is 26.4 Å². The van der Waals surface area contributed by atoms with Gasteiger partial charge in [0, 0.05) is 31.7 Å². The first kappa shape index (κ1) is 14.9.